The Hall–Kier alpha value is -0.520. The van der Waals surface area contributed by atoms with Crippen molar-refractivity contribution in [3.8, 4) is 12.3 Å². The van der Waals surface area contributed by atoms with Crippen molar-refractivity contribution >= 4 is 0 Å². The van der Waals surface area contributed by atoms with E-state index in [9.17, 15) is 0 Å². The van der Waals surface area contributed by atoms with Crippen molar-refractivity contribution in [1.82, 2.24) is 9.80 Å². The van der Waals surface area contributed by atoms with Crippen LogP contribution in [0.25, 0.3) is 0 Å². The van der Waals surface area contributed by atoms with Crippen LogP contribution < -0.4 is 0 Å². The minimum Gasteiger partial charge on any atom is -0.299 e. The van der Waals surface area contributed by atoms with Crippen molar-refractivity contribution in [3.05, 3.63) is 0 Å². The Balaban J connectivity index is 1.96. The van der Waals surface area contributed by atoms with Crippen LogP contribution >= 0.6 is 0 Å². The summed E-state index contributed by atoms with van der Waals surface area (Å²) in [7, 11) is 0. The maximum absolute atomic E-state index is 5.63. The maximum atomic E-state index is 5.63. The van der Waals surface area contributed by atoms with Crippen LogP contribution in [0.1, 0.15) is 39.5 Å². The van der Waals surface area contributed by atoms with Crippen LogP contribution in [0.5, 0.6) is 0 Å². The van der Waals surface area contributed by atoms with E-state index in [-0.39, 0.29) is 5.54 Å². The first kappa shape index (κ1) is 12.0. The van der Waals surface area contributed by atoms with Crippen molar-refractivity contribution in [1.29, 1.82) is 0 Å². The van der Waals surface area contributed by atoms with Gasteiger partial charge in [0.05, 0.1) is 5.54 Å². The van der Waals surface area contributed by atoms with Gasteiger partial charge in [-0.25, -0.2) is 0 Å². The molecule has 2 aliphatic heterocycles. The van der Waals surface area contributed by atoms with Gasteiger partial charge in [-0.1, -0.05) is 5.92 Å². The van der Waals surface area contributed by atoms with E-state index >= 15 is 0 Å². The number of likely N-dealkylation sites (tertiary alicyclic amines) is 2. The first-order valence-corrected chi connectivity index (χ1v) is 6.60. The summed E-state index contributed by atoms with van der Waals surface area (Å²) in [6, 6.07) is 0.754. The van der Waals surface area contributed by atoms with Gasteiger partial charge < -0.3 is 0 Å². The zero-order chi connectivity index (χ0) is 11.6. The number of nitrogens with zero attached hydrogens (tertiary/aromatic N) is 2. The lowest BCUT2D eigenvalue weighted by Gasteiger charge is -2.43. The standard InChI is InChI=1S/C14H24N2/c1-4-14(2,3)16-11-7-8-13(12-16)15-9-5-6-10-15/h1,13H,5-12H2,2-3H3/t13-/m0/s1. The predicted molar refractivity (Wildman–Crippen MR) is 68.3 cm³/mol. The molecule has 2 heterocycles. The Labute approximate surface area is 100.0 Å². The monoisotopic (exact) mass is 220 g/mol. The lowest BCUT2D eigenvalue weighted by molar-refractivity contribution is 0.0697. The SMILES string of the molecule is C#CC(C)(C)N1CCC[C@H](N2CCCC2)C1. The van der Waals surface area contributed by atoms with Gasteiger partial charge in [0.2, 0.25) is 0 Å². The molecule has 16 heavy (non-hydrogen) atoms. The molecule has 2 fully saturated rings. The quantitative estimate of drug-likeness (QED) is 0.656. The van der Waals surface area contributed by atoms with E-state index < -0.39 is 0 Å². The molecule has 0 amide bonds. The van der Waals surface area contributed by atoms with Crippen molar-refractivity contribution in [2.75, 3.05) is 26.2 Å². The summed E-state index contributed by atoms with van der Waals surface area (Å²) in [4.78, 5) is 5.15. The van der Waals surface area contributed by atoms with E-state index in [1.807, 2.05) is 0 Å². The molecule has 0 aromatic rings. The topological polar surface area (TPSA) is 6.48 Å². The molecule has 2 rings (SSSR count). The summed E-state index contributed by atoms with van der Waals surface area (Å²) >= 11 is 0. The average molecular weight is 220 g/mol. The Morgan fingerprint density at radius 3 is 2.44 bits per heavy atom. The predicted octanol–water partition coefficient (Wildman–Crippen LogP) is 1.96. The molecular weight excluding hydrogens is 196 g/mol. The van der Waals surface area contributed by atoms with Crippen molar-refractivity contribution < 1.29 is 0 Å². The molecule has 2 heteroatoms. The summed E-state index contributed by atoms with van der Waals surface area (Å²) in [6.07, 6.45) is 11.1. The highest BCUT2D eigenvalue weighted by Crippen LogP contribution is 2.25. The van der Waals surface area contributed by atoms with Gasteiger partial charge in [-0.2, -0.15) is 0 Å². The summed E-state index contributed by atoms with van der Waals surface area (Å²) in [5, 5.41) is 0. The van der Waals surface area contributed by atoms with E-state index in [0.717, 1.165) is 12.6 Å². The molecule has 2 aliphatic rings. The van der Waals surface area contributed by atoms with E-state index in [1.54, 1.807) is 0 Å². The first-order chi connectivity index (χ1) is 7.63. The fourth-order valence-corrected chi connectivity index (χ4v) is 2.96. The second-order valence-electron chi connectivity index (χ2n) is 5.69. The van der Waals surface area contributed by atoms with Crippen LogP contribution in [0.2, 0.25) is 0 Å². The molecule has 1 atom stereocenters. The van der Waals surface area contributed by atoms with Gasteiger partial charge in [-0.3, -0.25) is 9.80 Å². The van der Waals surface area contributed by atoms with Gasteiger partial charge in [0.15, 0.2) is 0 Å². The third-order valence-electron chi connectivity index (χ3n) is 4.20. The van der Waals surface area contributed by atoms with Crippen LogP contribution in [0.15, 0.2) is 0 Å². The van der Waals surface area contributed by atoms with Gasteiger partial charge >= 0.3 is 0 Å². The van der Waals surface area contributed by atoms with Gasteiger partial charge in [-0.15, -0.1) is 6.42 Å². The lowest BCUT2D eigenvalue weighted by atomic mass is 9.96. The van der Waals surface area contributed by atoms with E-state index in [4.69, 9.17) is 6.42 Å². The van der Waals surface area contributed by atoms with Crippen LogP contribution in [0.4, 0.5) is 0 Å². The molecule has 2 saturated heterocycles. The molecule has 0 N–H and O–H groups in total. The van der Waals surface area contributed by atoms with Gasteiger partial charge in [-0.05, 0) is 59.2 Å². The van der Waals surface area contributed by atoms with Crippen LogP contribution in [0.3, 0.4) is 0 Å². The maximum Gasteiger partial charge on any atom is 0.0766 e. The normalized spacial score (nSPS) is 29.2. The minimum absolute atomic E-state index is 0.0710. The second kappa shape index (κ2) is 4.77. The number of terminal acetylenes is 1. The van der Waals surface area contributed by atoms with Crippen molar-refractivity contribution in [2.45, 2.75) is 51.1 Å². The van der Waals surface area contributed by atoms with E-state index in [1.165, 1.54) is 45.3 Å². The molecule has 0 saturated carbocycles. The van der Waals surface area contributed by atoms with Crippen molar-refractivity contribution in [2.24, 2.45) is 0 Å². The molecule has 0 aromatic carbocycles. The second-order valence-corrected chi connectivity index (χ2v) is 5.69. The summed E-state index contributed by atoms with van der Waals surface area (Å²) in [5.74, 6) is 2.93. The Morgan fingerprint density at radius 1 is 1.12 bits per heavy atom. The first-order valence-electron chi connectivity index (χ1n) is 6.60. The molecule has 0 spiro atoms. The molecule has 2 nitrogen and oxygen atoms in total. The van der Waals surface area contributed by atoms with Gasteiger partial charge in [0, 0.05) is 12.6 Å². The van der Waals surface area contributed by atoms with Crippen molar-refractivity contribution in [3.63, 3.8) is 0 Å². The molecule has 0 aromatic heterocycles. The lowest BCUT2D eigenvalue weighted by Crippen LogP contribution is -2.53. The van der Waals surface area contributed by atoms with Crippen LogP contribution in [-0.4, -0.2) is 47.6 Å². The Morgan fingerprint density at radius 2 is 1.81 bits per heavy atom. The van der Waals surface area contributed by atoms with Gasteiger partial charge in [0.25, 0.3) is 0 Å². The van der Waals surface area contributed by atoms with E-state index in [2.05, 4.69) is 29.6 Å². The minimum atomic E-state index is -0.0710. The third kappa shape index (κ3) is 2.42. The fraction of sp³-hybridized carbons (Fsp3) is 0.857. The molecule has 0 unspecified atom stereocenters. The molecular formula is C14H24N2. The Kier molecular flexibility index (Phi) is 3.56. The zero-order valence-corrected chi connectivity index (χ0v) is 10.7. The fourth-order valence-electron chi connectivity index (χ4n) is 2.96. The molecule has 0 aliphatic carbocycles. The highest BCUT2D eigenvalue weighted by Gasteiger charge is 2.32. The molecule has 0 radical (unpaired) electrons. The number of piperidine rings is 1. The third-order valence-corrected chi connectivity index (χ3v) is 4.20. The number of hydrogen-bond donors (Lipinski definition) is 0. The van der Waals surface area contributed by atoms with E-state index in [0.29, 0.717) is 0 Å². The summed E-state index contributed by atoms with van der Waals surface area (Å²) in [6.45, 7) is 9.27. The highest BCUT2D eigenvalue weighted by molar-refractivity contribution is 5.09. The zero-order valence-electron chi connectivity index (χ0n) is 10.7. The largest absolute Gasteiger partial charge is 0.299 e. The molecule has 90 valence electrons. The van der Waals surface area contributed by atoms with Crippen LogP contribution in [-0.2, 0) is 0 Å². The highest BCUT2D eigenvalue weighted by atomic mass is 15.3. The Bertz CT molecular complexity index is 271. The smallest absolute Gasteiger partial charge is 0.0766 e. The number of rotatable bonds is 2. The molecule has 0 bridgehead atoms. The van der Waals surface area contributed by atoms with Gasteiger partial charge in [0.1, 0.15) is 0 Å². The van der Waals surface area contributed by atoms with Crippen LogP contribution in [0, 0.1) is 12.3 Å². The summed E-state index contributed by atoms with van der Waals surface area (Å²) in [5.41, 5.74) is -0.0710. The number of hydrogen-bond acceptors (Lipinski definition) is 2. The average Bonchev–Trinajstić information content (AvgIpc) is 2.83. The summed E-state index contributed by atoms with van der Waals surface area (Å²) < 4.78 is 0.